The lowest BCUT2D eigenvalue weighted by Crippen LogP contribution is -2.24. The van der Waals surface area contributed by atoms with Crippen molar-refractivity contribution in [2.45, 2.75) is 33.6 Å². The van der Waals surface area contributed by atoms with Crippen molar-refractivity contribution in [3.63, 3.8) is 0 Å². The highest BCUT2D eigenvalue weighted by Crippen LogP contribution is 2.26. The molecule has 8 heteroatoms. The summed E-state index contributed by atoms with van der Waals surface area (Å²) in [5.41, 5.74) is -0.241. The molecule has 0 radical (unpaired) electrons. The van der Waals surface area contributed by atoms with Crippen LogP contribution in [0.1, 0.15) is 33.6 Å². The van der Waals surface area contributed by atoms with Crippen molar-refractivity contribution in [1.29, 1.82) is 0 Å². The van der Waals surface area contributed by atoms with Gasteiger partial charge in [0.1, 0.15) is 6.20 Å². The minimum atomic E-state index is -0.501. The second-order valence-corrected chi connectivity index (χ2v) is 5.56. The molecule has 0 saturated carbocycles. The first kappa shape index (κ1) is 17.1. The monoisotopic (exact) mass is 297 g/mol. The molecule has 0 saturated heterocycles. The lowest BCUT2D eigenvalue weighted by atomic mass is 9.88. The number of nitrogens with one attached hydrogen (secondary N) is 2. The summed E-state index contributed by atoms with van der Waals surface area (Å²) in [5, 5.41) is 25.9. The Kier molecular flexibility index (Phi) is 6.29. The number of nitrogens with zero attached hydrogens (tertiary/aromatic N) is 3. The third-order valence-electron chi connectivity index (χ3n) is 3.05. The normalized spacial score (nSPS) is 11.2. The Balaban J connectivity index is 2.84. The van der Waals surface area contributed by atoms with E-state index >= 15 is 0 Å². The van der Waals surface area contributed by atoms with E-state index in [-0.39, 0.29) is 23.5 Å². The molecule has 0 amide bonds. The molecule has 1 aromatic rings. The Labute approximate surface area is 124 Å². The van der Waals surface area contributed by atoms with E-state index in [1.54, 1.807) is 0 Å². The summed E-state index contributed by atoms with van der Waals surface area (Å²) in [4.78, 5) is 18.6. The third-order valence-corrected chi connectivity index (χ3v) is 3.05. The predicted molar refractivity (Wildman–Crippen MR) is 81.4 cm³/mol. The van der Waals surface area contributed by atoms with Crippen molar-refractivity contribution >= 4 is 17.5 Å². The first-order valence-corrected chi connectivity index (χ1v) is 6.99. The van der Waals surface area contributed by atoms with Crippen molar-refractivity contribution in [2.75, 3.05) is 30.3 Å². The number of aliphatic hydroxyl groups is 1. The Hall–Kier alpha value is -1.96. The quantitative estimate of drug-likeness (QED) is 0.472. The van der Waals surface area contributed by atoms with Gasteiger partial charge in [0.25, 0.3) is 0 Å². The molecular formula is C13H23N5O3. The molecule has 3 N–H and O–H groups in total. The van der Waals surface area contributed by atoms with E-state index in [0.29, 0.717) is 25.5 Å². The fourth-order valence-corrected chi connectivity index (χ4v) is 1.85. The van der Waals surface area contributed by atoms with Crippen LogP contribution in [0.3, 0.4) is 0 Å². The van der Waals surface area contributed by atoms with Gasteiger partial charge in [-0.1, -0.05) is 13.8 Å². The van der Waals surface area contributed by atoms with Gasteiger partial charge in [-0.05, 0) is 25.2 Å². The highest BCUT2D eigenvalue weighted by molar-refractivity contribution is 5.57. The Morgan fingerprint density at radius 2 is 2.14 bits per heavy atom. The van der Waals surface area contributed by atoms with E-state index < -0.39 is 4.92 Å². The van der Waals surface area contributed by atoms with E-state index in [2.05, 4.69) is 20.6 Å². The molecule has 0 atom stereocenters. The summed E-state index contributed by atoms with van der Waals surface area (Å²) < 4.78 is 0. The van der Waals surface area contributed by atoms with Gasteiger partial charge in [-0.2, -0.15) is 4.98 Å². The van der Waals surface area contributed by atoms with Gasteiger partial charge in [-0.15, -0.1) is 0 Å². The standard InChI is InChI=1S/C13H23N5O3/c1-4-14-12-15-8-10(18(20)21)11(17-12)16-9-13(2,3)6-5-7-19/h8,19H,4-7,9H2,1-3H3,(H2,14,15,16,17). The fourth-order valence-electron chi connectivity index (χ4n) is 1.85. The van der Waals surface area contributed by atoms with Crippen LogP contribution in [0.25, 0.3) is 0 Å². The zero-order chi connectivity index (χ0) is 15.9. The van der Waals surface area contributed by atoms with Crippen molar-refractivity contribution in [1.82, 2.24) is 9.97 Å². The topological polar surface area (TPSA) is 113 Å². The minimum absolute atomic E-state index is 0.0973. The average Bonchev–Trinajstić information content (AvgIpc) is 2.43. The lowest BCUT2D eigenvalue weighted by molar-refractivity contribution is -0.384. The number of anilines is 2. The van der Waals surface area contributed by atoms with E-state index in [1.807, 2.05) is 20.8 Å². The molecule has 0 spiro atoms. The summed E-state index contributed by atoms with van der Waals surface area (Å²) in [6.07, 6.45) is 2.71. The van der Waals surface area contributed by atoms with E-state index in [1.165, 1.54) is 6.20 Å². The molecule has 21 heavy (non-hydrogen) atoms. The number of aliphatic hydroxyl groups excluding tert-OH is 1. The van der Waals surface area contributed by atoms with Crippen molar-refractivity contribution in [3.05, 3.63) is 16.3 Å². The van der Waals surface area contributed by atoms with Gasteiger partial charge in [0.15, 0.2) is 0 Å². The summed E-state index contributed by atoms with van der Waals surface area (Å²) >= 11 is 0. The first-order valence-electron chi connectivity index (χ1n) is 6.99. The molecule has 1 rings (SSSR count). The molecule has 0 bridgehead atoms. The van der Waals surface area contributed by atoms with Crippen LogP contribution >= 0.6 is 0 Å². The third kappa shape index (κ3) is 5.50. The number of aromatic nitrogens is 2. The smallest absolute Gasteiger partial charge is 0.329 e. The second-order valence-electron chi connectivity index (χ2n) is 5.56. The average molecular weight is 297 g/mol. The van der Waals surface area contributed by atoms with Gasteiger partial charge in [0.2, 0.25) is 11.8 Å². The molecule has 8 nitrogen and oxygen atoms in total. The van der Waals surface area contributed by atoms with E-state index in [9.17, 15) is 10.1 Å². The van der Waals surface area contributed by atoms with Crippen molar-refractivity contribution < 1.29 is 10.0 Å². The molecular weight excluding hydrogens is 274 g/mol. The Morgan fingerprint density at radius 3 is 2.71 bits per heavy atom. The van der Waals surface area contributed by atoms with Gasteiger partial charge in [0.05, 0.1) is 4.92 Å². The van der Waals surface area contributed by atoms with Crippen LogP contribution in [0.2, 0.25) is 0 Å². The summed E-state index contributed by atoms with van der Waals surface area (Å²) in [6, 6.07) is 0. The number of nitro groups is 1. The van der Waals surface area contributed by atoms with Crippen LogP contribution in [0.4, 0.5) is 17.5 Å². The SMILES string of the molecule is CCNc1ncc([N+](=O)[O-])c(NCC(C)(C)CCCO)n1. The maximum absolute atomic E-state index is 11.0. The lowest BCUT2D eigenvalue weighted by Gasteiger charge is -2.24. The van der Waals surface area contributed by atoms with Crippen molar-refractivity contribution in [2.24, 2.45) is 5.41 Å². The predicted octanol–water partition coefficient (Wildman–Crippen LogP) is 2.03. The van der Waals surface area contributed by atoms with Crippen molar-refractivity contribution in [3.8, 4) is 0 Å². The number of hydrogen-bond donors (Lipinski definition) is 3. The molecule has 0 fully saturated rings. The summed E-state index contributed by atoms with van der Waals surface area (Å²) in [6.45, 7) is 7.27. The number of rotatable bonds is 9. The second kappa shape index (κ2) is 7.72. The molecule has 0 aliphatic heterocycles. The van der Waals surface area contributed by atoms with Gasteiger partial charge < -0.3 is 15.7 Å². The fraction of sp³-hybridized carbons (Fsp3) is 0.692. The maximum atomic E-state index is 11.0. The Bertz CT molecular complexity index is 479. The molecule has 0 aliphatic carbocycles. The van der Waals surface area contributed by atoms with Crippen LogP contribution < -0.4 is 10.6 Å². The van der Waals surface area contributed by atoms with Crippen LogP contribution in [0.15, 0.2) is 6.20 Å². The largest absolute Gasteiger partial charge is 0.396 e. The zero-order valence-electron chi connectivity index (χ0n) is 12.7. The van der Waals surface area contributed by atoms with Crippen LogP contribution in [-0.2, 0) is 0 Å². The Morgan fingerprint density at radius 1 is 1.43 bits per heavy atom. The highest BCUT2D eigenvalue weighted by atomic mass is 16.6. The minimum Gasteiger partial charge on any atom is -0.396 e. The molecule has 0 aromatic carbocycles. The molecule has 1 heterocycles. The van der Waals surface area contributed by atoms with Crippen LogP contribution in [-0.4, -0.2) is 39.7 Å². The summed E-state index contributed by atoms with van der Waals surface area (Å²) in [7, 11) is 0. The molecule has 0 unspecified atom stereocenters. The van der Waals surface area contributed by atoms with E-state index in [4.69, 9.17) is 5.11 Å². The van der Waals surface area contributed by atoms with Gasteiger partial charge in [0, 0.05) is 19.7 Å². The highest BCUT2D eigenvalue weighted by Gasteiger charge is 2.22. The first-order chi connectivity index (χ1) is 9.89. The zero-order valence-corrected chi connectivity index (χ0v) is 12.7. The maximum Gasteiger partial charge on any atom is 0.329 e. The van der Waals surface area contributed by atoms with E-state index in [0.717, 1.165) is 6.42 Å². The molecule has 1 aromatic heterocycles. The van der Waals surface area contributed by atoms with Gasteiger partial charge in [-0.25, -0.2) is 4.98 Å². The van der Waals surface area contributed by atoms with Crippen LogP contribution in [0.5, 0.6) is 0 Å². The summed E-state index contributed by atoms with van der Waals surface area (Å²) in [5.74, 6) is 0.571. The van der Waals surface area contributed by atoms with Gasteiger partial charge >= 0.3 is 5.69 Å². The van der Waals surface area contributed by atoms with Gasteiger partial charge in [-0.3, -0.25) is 10.1 Å². The molecule has 0 aliphatic rings. The molecule has 118 valence electrons. The van der Waals surface area contributed by atoms with Crippen LogP contribution in [0, 0.1) is 15.5 Å². The number of hydrogen-bond acceptors (Lipinski definition) is 7.